The van der Waals surface area contributed by atoms with Crippen molar-refractivity contribution in [3.8, 4) is 0 Å². The molecule has 0 aliphatic heterocycles. The summed E-state index contributed by atoms with van der Waals surface area (Å²) in [5.74, 6) is -1.31. The molecule has 0 unspecified atom stereocenters. The van der Waals surface area contributed by atoms with E-state index in [1.165, 1.54) is 24.3 Å². The van der Waals surface area contributed by atoms with Crippen LogP contribution in [-0.4, -0.2) is 19.5 Å². The van der Waals surface area contributed by atoms with Crippen LogP contribution in [0.2, 0.25) is 5.02 Å². The largest absolute Gasteiger partial charge is 0.478 e. The van der Waals surface area contributed by atoms with Crippen molar-refractivity contribution in [2.45, 2.75) is 11.8 Å². The van der Waals surface area contributed by atoms with E-state index in [9.17, 15) is 13.2 Å². The van der Waals surface area contributed by atoms with Gasteiger partial charge in [0.05, 0.1) is 16.3 Å². The average Bonchev–Trinajstić information content (AvgIpc) is 2.48. The van der Waals surface area contributed by atoms with Crippen molar-refractivity contribution in [3.63, 3.8) is 0 Å². The fourth-order valence-electron chi connectivity index (χ4n) is 1.84. The molecule has 0 saturated heterocycles. The van der Waals surface area contributed by atoms with Crippen LogP contribution in [0.25, 0.3) is 0 Å². The Labute approximate surface area is 141 Å². The lowest BCUT2D eigenvalue weighted by Crippen LogP contribution is -2.17. The van der Waals surface area contributed by atoms with Crippen molar-refractivity contribution in [3.05, 3.63) is 57.0 Å². The predicted molar refractivity (Wildman–Crippen MR) is 88.1 cm³/mol. The van der Waals surface area contributed by atoms with Crippen LogP contribution in [0.4, 0.5) is 5.69 Å². The number of rotatable bonds is 4. The minimum absolute atomic E-state index is 0.286. The molecule has 0 radical (unpaired) electrons. The molecule has 0 amide bonds. The molecule has 8 heteroatoms. The molecule has 0 heterocycles. The average molecular weight is 405 g/mol. The predicted octanol–water partition coefficient (Wildman–Crippen LogP) is 3.91. The van der Waals surface area contributed by atoms with Crippen molar-refractivity contribution in [1.29, 1.82) is 0 Å². The van der Waals surface area contributed by atoms with Crippen molar-refractivity contribution >= 4 is 49.2 Å². The third-order valence-corrected chi connectivity index (χ3v) is 5.79. The van der Waals surface area contributed by atoms with Crippen LogP contribution < -0.4 is 4.72 Å². The van der Waals surface area contributed by atoms with Crippen LogP contribution in [-0.2, 0) is 10.0 Å². The van der Waals surface area contributed by atoms with Gasteiger partial charge < -0.3 is 5.11 Å². The molecule has 2 rings (SSSR count). The molecule has 2 aromatic carbocycles. The quantitative estimate of drug-likeness (QED) is 0.809. The van der Waals surface area contributed by atoms with E-state index in [1.807, 2.05) is 0 Å². The van der Waals surface area contributed by atoms with E-state index >= 15 is 0 Å². The van der Waals surface area contributed by atoms with Crippen LogP contribution in [0.3, 0.4) is 0 Å². The summed E-state index contributed by atoms with van der Waals surface area (Å²) in [7, 11) is -4.05. The van der Waals surface area contributed by atoms with E-state index in [1.54, 1.807) is 19.1 Å². The first-order chi connectivity index (χ1) is 10.2. The standard InChI is InChI=1S/C14H11BrClNO4S/c1-8-11(7-6-10(15)13(8)16)17-22(20,21)12-5-3-2-4-9(12)14(18)19/h2-7,17H,1H3,(H,18,19). The van der Waals surface area contributed by atoms with Gasteiger partial charge in [-0.3, -0.25) is 4.72 Å². The second kappa shape index (κ2) is 6.28. The number of carbonyl (C=O) groups is 1. The molecular formula is C14H11BrClNO4S. The van der Waals surface area contributed by atoms with Crippen LogP contribution in [0.15, 0.2) is 45.8 Å². The summed E-state index contributed by atoms with van der Waals surface area (Å²) in [6, 6.07) is 8.55. The maximum absolute atomic E-state index is 12.4. The number of nitrogens with one attached hydrogen (secondary N) is 1. The molecule has 5 nitrogen and oxygen atoms in total. The number of hydrogen-bond acceptors (Lipinski definition) is 3. The van der Waals surface area contributed by atoms with E-state index < -0.39 is 16.0 Å². The number of anilines is 1. The van der Waals surface area contributed by atoms with Gasteiger partial charge in [0.1, 0.15) is 4.90 Å². The monoisotopic (exact) mass is 403 g/mol. The van der Waals surface area contributed by atoms with Crippen LogP contribution in [0.1, 0.15) is 15.9 Å². The van der Waals surface area contributed by atoms with E-state index in [-0.39, 0.29) is 16.1 Å². The maximum Gasteiger partial charge on any atom is 0.337 e. The Morgan fingerprint density at radius 3 is 2.50 bits per heavy atom. The lowest BCUT2D eigenvalue weighted by molar-refractivity contribution is 0.0692. The van der Waals surface area contributed by atoms with Gasteiger partial charge in [-0.25, -0.2) is 13.2 Å². The highest BCUT2D eigenvalue weighted by molar-refractivity contribution is 9.10. The highest BCUT2D eigenvalue weighted by Crippen LogP contribution is 2.32. The van der Waals surface area contributed by atoms with E-state index in [0.717, 1.165) is 0 Å². The minimum Gasteiger partial charge on any atom is -0.478 e. The number of carboxylic acid groups (broad SMARTS) is 1. The van der Waals surface area contributed by atoms with Gasteiger partial charge in [-0.1, -0.05) is 23.7 Å². The number of carboxylic acids is 1. The highest BCUT2D eigenvalue weighted by atomic mass is 79.9. The van der Waals surface area contributed by atoms with Gasteiger partial charge in [0, 0.05) is 4.47 Å². The normalized spacial score (nSPS) is 11.2. The fourth-order valence-corrected chi connectivity index (χ4v) is 3.76. The highest BCUT2D eigenvalue weighted by Gasteiger charge is 2.22. The fraction of sp³-hybridized carbons (Fsp3) is 0.0714. The van der Waals surface area contributed by atoms with E-state index in [4.69, 9.17) is 16.7 Å². The molecule has 0 bridgehead atoms. The summed E-state index contributed by atoms with van der Waals surface area (Å²) in [6.07, 6.45) is 0. The van der Waals surface area contributed by atoms with Crippen molar-refractivity contribution < 1.29 is 18.3 Å². The van der Waals surface area contributed by atoms with Crippen LogP contribution >= 0.6 is 27.5 Å². The third kappa shape index (κ3) is 3.26. The summed E-state index contributed by atoms with van der Waals surface area (Å²) in [6.45, 7) is 1.66. The Morgan fingerprint density at radius 1 is 1.23 bits per heavy atom. The first-order valence-corrected chi connectivity index (χ1v) is 8.69. The maximum atomic E-state index is 12.4. The van der Waals surface area contributed by atoms with Gasteiger partial charge in [-0.05, 0) is 52.7 Å². The van der Waals surface area contributed by atoms with E-state index in [2.05, 4.69) is 20.7 Å². The summed E-state index contributed by atoms with van der Waals surface area (Å²) in [5, 5.41) is 9.49. The lowest BCUT2D eigenvalue weighted by atomic mass is 10.2. The zero-order valence-corrected chi connectivity index (χ0v) is 14.5. The number of hydrogen-bond donors (Lipinski definition) is 2. The second-order valence-corrected chi connectivity index (χ2v) is 7.32. The smallest absolute Gasteiger partial charge is 0.337 e. The SMILES string of the molecule is Cc1c(NS(=O)(=O)c2ccccc2C(=O)O)ccc(Br)c1Cl. The number of sulfonamides is 1. The van der Waals surface area contributed by atoms with Gasteiger partial charge in [0.15, 0.2) is 0 Å². The molecule has 0 fully saturated rings. The van der Waals surface area contributed by atoms with Gasteiger partial charge in [0.2, 0.25) is 0 Å². The van der Waals surface area contributed by atoms with E-state index in [0.29, 0.717) is 15.1 Å². The Kier molecular flexibility index (Phi) is 4.79. The van der Waals surface area contributed by atoms with Gasteiger partial charge in [-0.2, -0.15) is 0 Å². The first-order valence-electron chi connectivity index (χ1n) is 6.04. The minimum atomic E-state index is -4.05. The number of halogens is 2. The van der Waals surface area contributed by atoms with Crippen LogP contribution in [0.5, 0.6) is 0 Å². The van der Waals surface area contributed by atoms with Crippen molar-refractivity contribution in [1.82, 2.24) is 0 Å². The number of aromatic carboxylic acids is 1. The summed E-state index contributed by atoms with van der Waals surface area (Å²) in [5.41, 5.74) is 0.525. The third-order valence-electron chi connectivity index (χ3n) is 2.99. The topological polar surface area (TPSA) is 83.5 Å². The molecule has 0 spiro atoms. The molecular weight excluding hydrogens is 394 g/mol. The van der Waals surface area contributed by atoms with Gasteiger partial charge in [0.25, 0.3) is 10.0 Å². The molecule has 116 valence electrons. The molecule has 0 aliphatic carbocycles. The Balaban J connectivity index is 2.50. The molecule has 2 N–H and O–H groups in total. The second-order valence-electron chi connectivity index (χ2n) is 4.44. The zero-order chi connectivity index (χ0) is 16.5. The molecule has 2 aromatic rings. The molecule has 0 aliphatic rings. The summed E-state index contributed by atoms with van der Waals surface area (Å²) >= 11 is 9.31. The number of benzene rings is 2. The Morgan fingerprint density at radius 2 is 1.86 bits per heavy atom. The molecule has 0 atom stereocenters. The Bertz CT molecular complexity index is 852. The van der Waals surface area contributed by atoms with Gasteiger partial charge >= 0.3 is 5.97 Å². The van der Waals surface area contributed by atoms with Crippen molar-refractivity contribution in [2.75, 3.05) is 4.72 Å². The van der Waals surface area contributed by atoms with Gasteiger partial charge in [-0.15, -0.1) is 0 Å². The zero-order valence-electron chi connectivity index (χ0n) is 11.3. The summed E-state index contributed by atoms with van der Waals surface area (Å²) < 4.78 is 27.9. The first kappa shape index (κ1) is 16.8. The van der Waals surface area contributed by atoms with Crippen molar-refractivity contribution in [2.24, 2.45) is 0 Å². The Hall–Kier alpha value is -1.57. The molecule has 22 heavy (non-hydrogen) atoms. The lowest BCUT2D eigenvalue weighted by Gasteiger charge is -2.13. The molecule has 0 saturated carbocycles. The van der Waals surface area contributed by atoms with Crippen LogP contribution in [0, 0.1) is 6.92 Å². The molecule has 0 aromatic heterocycles. The summed E-state index contributed by atoms with van der Waals surface area (Å²) in [4.78, 5) is 10.9.